The maximum atomic E-state index is 13.2. The van der Waals surface area contributed by atoms with Gasteiger partial charge in [-0.05, 0) is 44.2 Å². The second-order valence-corrected chi connectivity index (χ2v) is 8.74. The van der Waals surface area contributed by atoms with Gasteiger partial charge < -0.3 is 14.5 Å². The molecule has 2 aromatic carbocycles. The van der Waals surface area contributed by atoms with Crippen LogP contribution in [0.2, 0.25) is 0 Å². The van der Waals surface area contributed by atoms with Crippen molar-refractivity contribution in [2.24, 2.45) is 0 Å². The Kier molecular flexibility index (Phi) is 5.53. The third kappa shape index (κ3) is 3.82. The number of anilines is 1. The Bertz CT molecular complexity index is 1240. The van der Waals surface area contributed by atoms with Crippen LogP contribution in [-0.4, -0.2) is 58.4 Å². The van der Waals surface area contributed by atoms with Gasteiger partial charge >= 0.3 is 0 Å². The van der Waals surface area contributed by atoms with Crippen molar-refractivity contribution in [3.63, 3.8) is 0 Å². The number of hydrogen-bond donors (Lipinski definition) is 0. The number of carbonyl (C=O) groups is 1. The first-order valence-corrected chi connectivity index (χ1v) is 11.6. The summed E-state index contributed by atoms with van der Waals surface area (Å²) >= 11 is 1.67. The SMILES string of the molecule is CCOc1ccc2nc(N3CCN(C(=O)c4cnn(-c5ccccc5)c4C)CC3)sc2c1. The highest BCUT2D eigenvalue weighted by atomic mass is 32.1. The summed E-state index contributed by atoms with van der Waals surface area (Å²) in [6.45, 7) is 7.42. The minimum atomic E-state index is 0.0370. The standard InChI is InChI=1S/C24H25N5O2S/c1-3-31-19-9-10-21-22(15-19)32-24(26-21)28-13-11-27(12-14-28)23(30)20-16-25-29(17(20)2)18-7-5-4-6-8-18/h4-10,15-16H,3,11-14H2,1-2H3. The number of aromatic nitrogens is 3. The second kappa shape index (κ2) is 8.63. The van der Waals surface area contributed by atoms with E-state index < -0.39 is 0 Å². The molecule has 0 atom stereocenters. The highest BCUT2D eigenvalue weighted by Crippen LogP contribution is 2.32. The van der Waals surface area contributed by atoms with Gasteiger partial charge in [-0.1, -0.05) is 29.5 Å². The van der Waals surface area contributed by atoms with E-state index in [0.717, 1.165) is 45.6 Å². The number of amides is 1. The molecule has 3 heterocycles. The van der Waals surface area contributed by atoms with Crippen molar-refractivity contribution in [2.75, 3.05) is 37.7 Å². The lowest BCUT2D eigenvalue weighted by Gasteiger charge is -2.34. The number of nitrogens with zero attached hydrogens (tertiary/aromatic N) is 5. The third-order valence-electron chi connectivity index (χ3n) is 5.74. The van der Waals surface area contributed by atoms with E-state index in [2.05, 4.69) is 10.00 Å². The van der Waals surface area contributed by atoms with Crippen LogP contribution in [-0.2, 0) is 0 Å². The lowest BCUT2D eigenvalue weighted by atomic mass is 10.2. The minimum Gasteiger partial charge on any atom is -0.494 e. The van der Waals surface area contributed by atoms with Crippen LogP contribution in [0.3, 0.4) is 0 Å². The topological polar surface area (TPSA) is 63.5 Å². The number of thiazole rings is 1. The van der Waals surface area contributed by atoms with E-state index in [4.69, 9.17) is 9.72 Å². The first-order valence-electron chi connectivity index (χ1n) is 10.8. The van der Waals surface area contributed by atoms with E-state index in [-0.39, 0.29) is 5.91 Å². The minimum absolute atomic E-state index is 0.0370. The van der Waals surface area contributed by atoms with E-state index in [0.29, 0.717) is 25.3 Å². The molecule has 1 amide bonds. The average Bonchev–Trinajstić information content (AvgIpc) is 3.43. The highest BCUT2D eigenvalue weighted by Gasteiger charge is 2.26. The predicted molar refractivity (Wildman–Crippen MR) is 127 cm³/mol. The average molecular weight is 448 g/mol. The van der Waals surface area contributed by atoms with Gasteiger partial charge in [0.2, 0.25) is 0 Å². The molecule has 1 aliphatic heterocycles. The molecular weight excluding hydrogens is 422 g/mol. The molecule has 0 radical (unpaired) electrons. The van der Waals surface area contributed by atoms with Crippen LogP contribution in [0, 0.1) is 6.92 Å². The van der Waals surface area contributed by atoms with Crippen molar-refractivity contribution >= 4 is 32.6 Å². The molecule has 1 aliphatic rings. The number of benzene rings is 2. The Balaban J connectivity index is 1.27. The molecule has 1 fully saturated rings. The second-order valence-electron chi connectivity index (χ2n) is 7.73. The molecule has 0 saturated carbocycles. The number of piperazine rings is 1. The summed E-state index contributed by atoms with van der Waals surface area (Å²) in [6, 6.07) is 15.9. The van der Waals surface area contributed by atoms with Crippen molar-refractivity contribution in [3.05, 3.63) is 66.0 Å². The molecule has 32 heavy (non-hydrogen) atoms. The third-order valence-corrected chi connectivity index (χ3v) is 6.82. The van der Waals surface area contributed by atoms with Gasteiger partial charge in [0, 0.05) is 26.2 Å². The first kappa shape index (κ1) is 20.5. The fourth-order valence-corrected chi connectivity index (χ4v) is 5.05. The molecule has 7 nitrogen and oxygen atoms in total. The molecule has 164 valence electrons. The van der Waals surface area contributed by atoms with E-state index in [9.17, 15) is 4.79 Å². The molecule has 1 saturated heterocycles. The van der Waals surface area contributed by atoms with Crippen molar-refractivity contribution in [3.8, 4) is 11.4 Å². The van der Waals surface area contributed by atoms with Gasteiger partial charge in [-0.15, -0.1) is 0 Å². The van der Waals surface area contributed by atoms with Crippen LogP contribution in [0.25, 0.3) is 15.9 Å². The number of fused-ring (bicyclic) bond motifs is 1. The maximum absolute atomic E-state index is 13.2. The van der Waals surface area contributed by atoms with Crippen molar-refractivity contribution in [1.29, 1.82) is 0 Å². The highest BCUT2D eigenvalue weighted by molar-refractivity contribution is 7.22. The van der Waals surface area contributed by atoms with Gasteiger partial charge in [0.1, 0.15) is 5.75 Å². The largest absolute Gasteiger partial charge is 0.494 e. The Morgan fingerprint density at radius 3 is 2.62 bits per heavy atom. The zero-order valence-corrected chi connectivity index (χ0v) is 19.0. The van der Waals surface area contributed by atoms with E-state index >= 15 is 0 Å². The van der Waals surface area contributed by atoms with Crippen LogP contribution in [0.15, 0.2) is 54.7 Å². The quantitative estimate of drug-likeness (QED) is 0.460. The van der Waals surface area contributed by atoms with Crippen LogP contribution < -0.4 is 9.64 Å². The van der Waals surface area contributed by atoms with Crippen LogP contribution in [0.4, 0.5) is 5.13 Å². The molecule has 0 N–H and O–H groups in total. The van der Waals surface area contributed by atoms with E-state index in [1.165, 1.54) is 0 Å². The van der Waals surface area contributed by atoms with Gasteiger partial charge in [-0.3, -0.25) is 4.79 Å². The molecule has 8 heteroatoms. The smallest absolute Gasteiger partial charge is 0.257 e. The fourth-order valence-electron chi connectivity index (χ4n) is 4.00. The summed E-state index contributed by atoms with van der Waals surface area (Å²) in [4.78, 5) is 22.1. The zero-order chi connectivity index (χ0) is 22.1. The predicted octanol–water partition coefficient (Wildman–Crippen LogP) is 4.15. The number of carbonyl (C=O) groups excluding carboxylic acids is 1. The number of rotatable bonds is 5. The van der Waals surface area contributed by atoms with Crippen LogP contribution >= 0.6 is 11.3 Å². The summed E-state index contributed by atoms with van der Waals surface area (Å²) < 4.78 is 8.54. The Morgan fingerprint density at radius 2 is 1.88 bits per heavy atom. The Labute approximate surface area is 190 Å². The molecule has 0 unspecified atom stereocenters. The normalized spacial score (nSPS) is 14.2. The van der Waals surface area contributed by atoms with Crippen LogP contribution in [0.5, 0.6) is 5.75 Å². The van der Waals surface area contributed by atoms with Gasteiger partial charge in [-0.2, -0.15) is 5.10 Å². The molecule has 0 spiro atoms. The first-order chi connectivity index (χ1) is 15.6. The Morgan fingerprint density at radius 1 is 1.09 bits per heavy atom. The van der Waals surface area contributed by atoms with E-state index in [1.807, 2.05) is 72.0 Å². The summed E-state index contributed by atoms with van der Waals surface area (Å²) in [5.74, 6) is 0.909. The van der Waals surface area contributed by atoms with Gasteiger partial charge in [0.05, 0.1) is 40.0 Å². The molecule has 4 aromatic rings. The number of ether oxygens (including phenoxy) is 1. The molecule has 0 bridgehead atoms. The lowest BCUT2D eigenvalue weighted by Crippen LogP contribution is -2.48. The van der Waals surface area contributed by atoms with Crippen molar-refractivity contribution < 1.29 is 9.53 Å². The molecule has 2 aromatic heterocycles. The van der Waals surface area contributed by atoms with Gasteiger partial charge in [-0.25, -0.2) is 9.67 Å². The summed E-state index contributed by atoms with van der Waals surface area (Å²) in [6.07, 6.45) is 1.68. The Hall–Kier alpha value is -3.39. The summed E-state index contributed by atoms with van der Waals surface area (Å²) in [7, 11) is 0. The van der Waals surface area contributed by atoms with Crippen molar-refractivity contribution in [2.45, 2.75) is 13.8 Å². The zero-order valence-electron chi connectivity index (χ0n) is 18.2. The molecule has 0 aliphatic carbocycles. The summed E-state index contributed by atoms with van der Waals surface area (Å²) in [5.41, 5.74) is 3.46. The van der Waals surface area contributed by atoms with Gasteiger partial charge in [0.15, 0.2) is 5.13 Å². The summed E-state index contributed by atoms with van der Waals surface area (Å²) in [5, 5.41) is 5.44. The van der Waals surface area contributed by atoms with Crippen LogP contribution in [0.1, 0.15) is 23.0 Å². The van der Waals surface area contributed by atoms with Gasteiger partial charge in [0.25, 0.3) is 5.91 Å². The monoisotopic (exact) mass is 447 g/mol. The maximum Gasteiger partial charge on any atom is 0.257 e. The lowest BCUT2D eigenvalue weighted by molar-refractivity contribution is 0.0746. The number of para-hydroxylation sites is 1. The van der Waals surface area contributed by atoms with Crippen molar-refractivity contribution in [1.82, 2.24) is 19.7 Å². The molecule has 5 rings (SSSR count). The number of hydrogen-bond acceptors (Lipinski definition) is 6. The molecular formula is C24H25N5O2S. The van der Waals surface area contributed by atoms with E-state index in [1.54, 1.807) is 17.5 Å². The fraction of sp³-hybridized carbons (Fsp3) is 0.292.